The Balaban J connectivity index is 2.55. The lowest BCUT2D eigenvalue weighted by Gasteiger charge is -2.15. The van der Waals surface area contributed by atoms with Crippen LogP contribution in [0.2, 0.25) is 0 Å². The monoisotopic (exact) mass is 340 g/mol. The van der Waals surface area contributed by atoms with Gasteiger partial charge < -0.3 is 5.11 Å². The second-order valence-electron chi connectivity index (χ2n) is 5.11. The molecule has 0 saturated heterocycles. The lowest BCUT2D eigenvalue weighted by Crippen LogP contribution is -2.16. The van der Waals surface area contributed by atoms with Gasteiger partial charge in [-0.1, -0.05) is 20.8 Å². The number of pyridine rings is 1. The first-order chi connectivity index (χ1) is 8.79. The second-order valence-corrected chi connectivity index (χ2v) is 7.03. The first kappa shape index (κ1) is 14.1. The highest BCUT2D eigenvalue weighted by Gasteiger charge is 2.27. The van der Waals surface area contributed by atoms with Crippen molar-refractivity contribution in [3.8, 4) is 10.7 Å². The topological polar surface area (TPSA) is 63.1 Å². The zero-order valence-corrected chi connectivity index (χ0v) is 13.2. The molecule has 0 aliphatic carbocycles. The molecule has 2 aromatic heterocycles. The van der Waals surface area contributed by atoms with E-state index >= 15 is 0 Å². The number of aromatic nitrogens is 2. The van der Waals surface area contributed by atoms with Gasteiger partial charge in [0.1, 0.15) is 9.88 Å². The molecule has 4 nitrogen and oxygen atoms in total. The maximum Gasteiger partial charge on any atom is 0.347 e. The van der Waals surface area contributed by atoms with Gasteiger partial charge in [-0.3, -0.25) is 4.98 Å². The molecular weight excluding hydrogens is 328 g/mol. The van der Waals surface area contributed by atoms with Gasteiger partial charge in [0.2, 0.25) is 0 Å². The molecule has 1 N–H and O–H groups in total. The molecule has 0 fully saturated rings. The summed E-state index contributed by atoms with van der Waals surface area (Å²) in [5, 5.41) is 9.91. The van der Waals surface area contributed by atoms with Gasteiger partial charge in [-0.25, -0.2) is 9.78 Å². The quantitative estimate of drug-likeness (QED) is 0.898. The Morgan fingerprint density at radius 2 is 2.05 bits per heavy atom. The molecule has 0 amide bonds. The molecule has 2 aromatic rings. The van der Waals surface area contributed by atoms with Gasteiger partial charge in [-0.15, -0.1) is 11.3 Å². The van der Waals surface area contributed by atoms with Crippen LogP contribution in [0.3, 0.4) is 0 Å². The van der Waals surface area contributed by atoms with Crippen LogP contribution < -0.4 is 0 Å². The molecule has 0 atom stereocenters. The zero-order valence-electron chi connectivity index (χ0n) is 10.8. The highest BCUT2D eigenvalue weighted by Crippen LogP contribution is 2.33. The highest BCUT2D eigenvalue weighted by molar-refractivity contribution is 9.10. The fourth-order valence-corrected chi connectivity index (χ4v) is 2.91. The van der Waals surface area contributed by atoms with Gasteiger partial charge in [0, 0.05) is 16.1 Å². The van der Waals surface area contributed by atoms with E-state index in [1.807, 2.05) is 32.9 Å². The summed E-state index contributed by atoms with van der Waals surface area (Å²) >= 11 is 4.48. The first-order valence-corrected chi connectivity index (χ1v) is 7.26. The molecule has 19 heavy (non-hydrogen) atoms. The largest absolute Gasteiger partial charge is 0.477 e. The fraction of sp³-hybridized carbons (Fsp3) is 0.308. The van der Waals surface area contributed by atoms with Crippen LogP contribution in [-0.2, 0) is 5.41 Å². The lowest BCUT2D eigenvalue weighted by molar-refractivity contribution is 0.0699. The summed E-state index contributed by atoms with van der Waals surface area (Å²) in [7, 11) is 0. The minimum atomic E-state index is -0.939. The third-order valence-corrected chi connectivity index (χ3v) is 4.01. The minimum Gasteiger partial charge on any atom is -0.477 e. The van der Waals surface area contributed by atoms with Crippen molar-refractivity contribution in [1.82, 2.24) is 9.97 Å². The number of halogens is 1. The van der Waals surface area contributed by atoms with Gasteiger partial charge in [0.15, 0.2) is 0 Å². The zero-order chi connectivity index (χ0) is 14.2. The number of rotatable bonds is 2. The molecule has 0 spiro atoms. The van der Waals surface area contributed by atoms with E-state index in [2.05, 4.69) is 25.9 Å². The van der Waals surface area contributed by atoms with E-state index in [4.69, 9.17) is 0 Å². The number of hydrogen-bond acceptors (Lipinski definition) is 4. The van der Waals surface area contributed by atoms with Crippen LogP contribution >= 0.6 is 27.3 Å². The molecule has 0 aliphatic heterocycles. The summed E-state index contributed by atoms with van der Waals surface area (Å²) in [6, 6.07) is 3.68. The third kappa shape index (κ3) is 3.01. The molecular formula is C13H13BrN2O2S. The second kappa shape index (κ2) is 5.02. The van der Waals surface area contributed by atoms with E-state index in [1.165, 1.54) is 0 Å². The predicted octanol–water partition coefficient (Wildman–Crippen LogP) is 3.96. The molecule has 0 radical (unpaired) electrons. The van der Waals surface area contributed by atoms with Crippen LogP contribution in [0.25, 0.3) is 10.7 Å². The summed E-state index contributed by atoms with van der Waals surface area (Å²) in [4.78, 5) is 20.3. The molecule has 0 unspecified atom stereocenters. The van der Waals surface area contributed by atoms with Crippen molar-refractivity contribution in [3.63, 3.8) is 0 Å². The van der Waals surface area contributed by atoms with Gasteiger partial charge in [-0.2, -0.15) is 0 Å². The van der Waals surface area contributed by atoms with Crippen LogP contribution in [0.1, 0.15) is 36.1 Å². The van der Waals surface area contributed by atoms with E-state index in [9.17, 15) is 9.90 Å². The maximum absolute atomic E-state index is 11.3. The molecule has 0 aromatic carbocycles. The van der Waals surface area contributed by atoms with Gasteiger partial charge >= 0.3 is 5.97 Å². The fourth-order valence-electron chi connectivity index (χ4n) is 1.59. The number of aromatic carboxylic acids is 1. The maximum atomic E-state index is 11.3. The predicted molar refractivity (Wildman–Crippen MR) is 78.7 cm³/mol. The van der Waals surface area contributed by atoms with E-state index < -0.39 is 5.97 Å². The summed E-state index contributed by atoms with van der Waals surface area (Å²) in [6.07, 6.45) is 1.67. The standard InChI is InChI=1S/C13H13BrN2O2S/c1-13(2,3)10-9(12(17)18)19-11(16-10)8-5-4-7(14)6-15-8/h4-6H,1-3H3,(H,17,18). The van der Waals surface area contributed by atoms with Crippen LogP contribution in [0.4, 0.5) is 0 Å². The summed E-state index contributed by atoms with van der Waals surface area (Å²) < 4.78 is 0.877. The molecule has 0 saturated carbocycles. The summed E-state index contributed by atoms with van der Waals surface area (Å²) in [5.41, 5.74) is 0.980. The van der Waals surface area contributed by atoms with Crippen LogP contribution in [0.15, 0.2) is 22.8 Å². The van der Waals surface area contributed by atoms with E-state index in [-0.39, 0.29) is 10.3 Å². The molecule has 0 bridgehead atoms. The molecule has 2 heterocycles. The Labute approximate surface area is 123 Å². The lowest BCUT2D eigenvalue weighted by atomic mass is 9.91. The summed E-state index contributed by atoms with van der Waals surface area (Å²) in [5.74, 6) is -0.939. The van der Waals surface area contributed by atoms with Crippen molar-refractivity contribution in [1.29, 1.82) is 0 Å². The third-order valence-electron chi connectivity index (χ3n) is 2.48. The van der Waals surface area contributed by atoms with Crippen molar-refractivity contribution in [2.45, 2.75) is 26.2 Å². The van der Waals surface area contributed by atoms with Crippen molar-refractivity contribution < 1.29 is 9.90 Å². The molecule has 0 aliphatic rings. The Hall–Kier alpha value is -1.27. The SMILES string of the molecule is CC(C)(C)c1nc(-c2ccc(Br)cn2)sc1C(=O)O. The number of nitrogens with zero attached hydrogens (tertiary/aromatic N) is 2. The molecule has 6 heteroatoms. The van der Waals surface area contributed by atoms with Gasteiger partial charge in [0.05, 0.1) is 11.4 Å². The number of thiazole rings is 1. The van der Waals surface area contributed by atoms with Crippen LogP contribution in [0, 0.1) is 0 Å². The van der Waals surface area contributed by atoms with Gasteiger partial charge in [0.25, 0.3) is 0 Å². The Morgan fingerprint density at radius 1 is 1.37 bits per heavy atom. The number of hydrogen-bond donors (Lipinski definition) is 1. The minimum absolute atomic E-state index is 0.284. The van der Waals surface area contributed by atoms with Crippen molar-refractivity contribution >= 4 is 33.2 Å². The normalized spacial score (nSPS) is 11.6. The number of carbonyl (C=O) groups is 1. The van der Waals surface area contributed by atoms with E-state index in [0.29, 0.717) is 16.4 Å². The van der Waals surface area contributed by atoms with Crippen molar-refractivity contribution in [3.05, 3.63) is 33.4 Å². The number of carboxylic acid groups (broad SMARTS) is 1. The molecule has 100 valence electrons. The Morgan fingerprint density at radius 3 is 2.47 bits per heavy atom. The summed E-state index contributed by atoms with van der Waals surface area (Å²) in [6.45, 7) is 5.86. The van der Waals surface area contributed by atoms with E-state index in [1.54, 1.807) is 6.20 Å². The average molecular weight is 341 g/mol. The van der Waals surface area contributed by atoms with Crippen molar-refractivity contribution in [2.75, 3.05) is 0 Å². The van der Waals surface area contributed by atoms with Crippen LogP contribution in [-0.4, -0.2) is 21.0 Å². The highest BCUT2D eigenvalue weighted by atomic mass is 79.9. The smallest absolute Gasteiger partial charge is 0.347 e. The molecule has 2 rings (SSSR count). The number of carboxylic acids is 1. The van der Waals surface area contributed by atoms with Crippen LogP contribution in [0.5, 0.6) is 0 Å². The van der Waals surface area contributed by atoms with E-state index in [0.717, 1.165) is 15.8 Å². The average Bonchev–Trinajstić information content (AvgIpc) is 2.74. The Bertz CT molecular complexity index is 615. The van der Waals surface area contributed by atoms with Gasteiger partial charge in [-0.05, 0) is 28.1 Å². The first-order valence-electron chi connectivity index (χ1n) is 5.65. The van der Waals surface area contributed by atoms with Crippen molar-refractivity contribution in [2.24, 2.45) is 0 Å². The Kier molecular flexibility index (Phi) is 3.73.